The molecule has 0 aromatic heterocycles. The van der Waals surface area contributed by atoms with Crippen LogP contribution in [0.4, 0.5) is 8.78 Å². The average Bonchev–Trinajstić information content (AvgIpc) is 2.37. The van der Waals surface area contributed by atoms with Crippen molar-refractivity contribution >= 4 is 46.4 Å². The number of hydrogen-bond donors (Lipinski definition) is 0. The number of hydrogen-bond acceptors (Lipinski definition) is 1. The molecule has 7 heteroatoms. The van der Waals surface area contributed by atoms with Gasteiger partial charge in [0.1, 0.15) is 5.75 Å². The summed E-state index contributed by atoms with van der Waals surface area (Å²) in [5, 5.41) is 0.829. The SMILES string of the molecule is FC(F)Oc1cc(Cl)ccc1-c1ccc(Cl)c(Cl)c1Cl. The highest BCUT2D eigenvalue weighted by atomic mass is 35.5. The molecule has 0 amide bonds. The summed E-state index contributed by atoms with van der Waals surface area (Å²) in [6.45, 7) is -2.98. The van der Waals surface area contributed by atoms with E-state index in [1.165, 1.54) is 24.3 Å². The van der Waals surface area contributed by atoms with Crippen LogP contribution in [0.1, 0.15) is 0 Å². The molecule has 0 N–H and O–H groups in total. The van der Waals surface area contributed by atoms with Crippen LogP contribution >= 0.6 is 46.4 Å². The van der Waals surface area contributed by atoms with Crippen LogP contribution in [0, 0.1) is 0 Å². The van der Waals surface area contributed by atoms with Crippen LogP contribution in [0.15, 0.2) is 30.3 Å². The first-order chi connectivity index (χ1) is 9.40. The van der Waals surface area contributed by atoms with E-state index in [4.69, 9.17) is 46.4 Å². The Labute approximate surface area is 134 Å². The van der Waals surface area contributed by atoms with Crippen LogP contribution in [0.5, 0.6) is 5.75 Å². The van der Waals surface area contributed by atoms with Crippen LogP contribution < -0.4 is 4.74 Å². The van der Waals surface area contributed by atoms with Crippen molar-refractivity contribution in [3.8, 4) is 16.9 Å². The predicted octanol–water partition coefficient (Wildman–Crippen LogP) is 6.57. The molecule has 0 bridgehead atoms. The molecule has 2 aromatic rings. The maximum Gasteiger partial charge on any atom is 0.387 e. The largest absolute Gasteiger partial charge is 0.434 e. The van der Waals surface area contributed by atoms with E-state index in [1.54, 1.807) is 6.07 Å². The molecule has 2 rings (SSSR count). The molecule has 0 heterocycles. The molecule has 0 atom stereocenters. The molecule has 0 aliphatic heterocycles. The van der Waals surface area contributed by atoms with Gasteiger partial charge in [-0.25, -0.2) is 0 Å². The normalized spacial score (nSPS) is 10.9. The molecule has 0 aliphatic rings. The van der Waals surface area contributed by atoms with Gasteiger partial charge < -0.3 is 4.74 Å². The topological polar surface area (TPSA) is 9.23 Å². The summed E-state index contributed by atoms with van der Waals surface area (Å²) in [6.07, 6.45) is 0. The second-order valence-electron chi connectivity index (χ2n) is 3.74. The van der Waals surface area contributed by atoms with Gasteiger partial charge in [0.25, 0.3) is 0 Å². The smallest absolute Gasteiger partial charge is 0.387 e. The van der Waals surface area contributed by atoms with E-state index in [2.05, 4.69) is 4.74 Å². The fourth-order valence-electron chi connectivity index (χ4n) is 1.65. The van der Waals surface area contributed by atoms with Gasteiger partial charge in [-0.15, -0.1) is 0 Å². The van der Waals surface area contributed by atoms with Crippen molar-refractivity contribution in [1.29, 1.82) is 0 Å². The van der Waals surface area contributed by atoms with Crippen molar-refractivity contribution in [3.63, 3.8) is 0 Å². The Morgan fingerprint density at radius 1 is 0.850 bits per heavy atom. The molecule has 106 valence electrons. The summed E-state index contributed by atoms with van der Waals surface area (Å²) < 4.78 is 29.3. The zero-order valence-electron chi connectivity index (χ0n) is 9.64. The van der Waals surface area contributed by atoms with Gasteiger partial charge in [-0.3, -0.25) is 0 Å². The van der Waals surface area contributed by atoms with Crippen molar-refractivity contribution in [1.82, 2.24) is 0 Å². The second-order valence-corrected chi connectivity index (χ2v) is 5.34. The maximum atomic E-state index is 12.4. The number of ether oxygens (including phenoxy) is 1. The van der Waals surface area contributed by atoms with E-state index in [0.717, 1.165) is 0 Å². The van der Waals surface area contributed by atoms with Crippen LogP contribution in [0.3, 0.4) is 0 Å². The summed E-state index contributed by atoms with van der Waals surface area (Å²) >= 11 is 23.6. The van der Waals surface area contributed by atoms with E-state index in [1.807, 2.05) is 0 Å². The molecule has 0 radical (unpaired) electrons. The molecule has 0 spiro atoms. The summed E-state index contributed by atoms with van der Waals surface area (Å²) in [5.41, 5.74) is 0.770. The van der Waals surface area contributed by atoms with Crippen molar-refractivity contribution in [2.45, 2.75) is 6.61 Å². The van der Waals surface area contributed by atoms with E-state index < -0.39 is 6.61 Å². The monoisotopic (exact) mass is 356 g/mol. The predicted molar refractivity (Wildman–Crippen MR) is 78.6 cm³/mol. The highest BCUT2D eigenvalue weighted by Gasteiger charge is 2.16. The first-order valence-electron chi connectivity index (χ1n) is 5.28. The first-order valence-corrected chi connectivity index (χ1v) is 6.79. The molecule has 2 aromatic carbocycles. The lowest BCUT2D eigenvalue weighted by molar-refractivity contribution is -0.0494. The Balaban J connectivity index is 2.60. The quantitative estimate of drug-likeness (QED) is 0.564. The molecule has 0 saturated heterocycles. The van der Waals surface area contributed by atoms with Crippen LogP contribution in [0.2, 0.25) is 20.1 Å². The molecule has 1 nitrogen and oxygen atoms in total. The maximum absolute atomic E-state index is 12.4. The minimum Gasteiger partial charge on any atom is -0.434 e. The van der Waals surface area contributed by atoms with Gasteiger partial charge in [-0.2, -0.15) is 8.78 Å². The highest BCUT2D eigenvalue weighted by Crippen LogP contribution is 2.42. The number of alkyl halides is 2. The van der Waals surface area contributed by atoms with Gasteiger partial charge in [0, 0.05) is 16.1 Å². The molecule has 0 unspecified atom stereocenters. The lowest BCUT2D eigenvalue weighted by atomic mass is 10.0. The molecule has 0 aliphatic carbocycles. The molecular weight excluding hydrogens is 352 g/mol. The molecule has 0 saturated carbocycles. The Kier molecular flexibility index (Phi) is 4.97. The van der Waals surface area contributed by atoms with Crippen LogP contribution in [-0.2, 0) is 0 Å². The van der Waals surface area contributed by atoms with Gasteiger partial charge >= 0.3 is 6.61 Å². The summed E-state index contributed by atoms with van der Waals surface area (Å²) in [5.74, 6) is -0.0900. The van der Waals surface area contributed by atoms with Gasteiger partial charge in [0.2, 0.25) is 0 Å². The van der Waals surface area contributed by atoms with E-state index in [0.29, 0.717) is 11.1 Å². The van der Waals surface area contributed by atoms with E-state index in [-0.39, 0.29) is 25.8 Å². The summed E-state index contributed by atoms with van der Waals surface area (Å²) in [6, 6.07) is 7.42. The van der Waals surface area contributed by atoms with Crippen molar-refractivity contribution in [3.05, 3.63) is 50.4 Å². The first kappa shape index (κ1) is 15.6. The lowest BCUT2D eigenvalue weighted by Crippen LogP contribution is -2.03. The zero-order chi connectivity index (χ0) is 14.9. The van der Waals surface area contributed by atoms with Gasteiger partial charge in [0.05, 0.1) is 15.1 Å². The van der Waals surface area contributed by atoms with Crippen molar-refractivity contribution in [2.24, 2.45) is 0 Å². The minimum atomic E-state index is -2.98. The summed E-state index contributed by atoms with van der Waals surface area (Å²) in [4.78, 5) is 0. The third kappa shape index (κ3) is 3.29. The Hall–Kier alpha value is -0.740. The van der Waals surface area contributed by atoms with Gasteiger partial charge in [-0.1, -0.05) is 52.5 Å². The Bertz CT molecular complexity index is 647. The van der Waals surface area contributed by atoms with Gasteiger partial charge in [0.15, 0.2) is 0 Å². The van der Waals surface area contributed by atoms with E-state index >= 15 is 0 Å². The summed E-state index contributed by atoms with van der Waals surface area (Å²) in [7, 11) is 0. The molecule has 20 heavy (non-hydrogen) atoms. The third-order valence-electron chi connectivity index (χ3n) is 2.49. The fourth-order valence-corrected chi connectivity index (χ4v) is 2.45. The molecular formula is C13H6Cl4F2O. The standard InChI is InChI=1S/C13H6Cl4F2O/c14-6-1-2-7(10(5-6)20-13(18)19)8-3-4-9(15)12(17)11(8)16/h1-5,13H. The second kappa shape index (κ2) is 6.35. The highest BCUT2D eigenvalue weighted by molar-refractivity contribution is 6.49. The molecule has 0 fully saturated rings. The number of benzene rings is 2. The van der Waals surface area contributed by atoms with Crippen LogP contribution in [0.25, 0.3) is 11.1 Å². The fraction of sp³-hybridized carbons (Fsp3) is 0.0769. The minimum absolute atomic E-state index is 0.0900. The van der Waals surface area contributed by atoms with Crippen molar-refractivity contribution in [2.75, 3.05) is 0 Å². The Morgan fingerprint density at radius 3 is 2.15 bits per heavy atom. The number of rotatable bonds is 3. The van der Waals surface area contributed by atoms with E-state index in [9.17, 15) is 8.78 Å². The number of halogens is 6. The third-order valence-corrected chi connectivity index (χ3v) is 4.01. The zero-order valence-corrected chi connectivity index (χ0v) is 12.7. The van der Waals surface area contributed by atoms with Gasteiger partial charge in [-0.05, 0) is 24.3 Å². The van der Waals surface area contributed by atoms with Crippen LogP contribution in [-0.4, -0.2) is 6.61 Å². The lowest BCUT2D eigenvalue weighted by Gasteiger charge is -2.13. The Morgan fingerprint density at radius 2 is 1.50 bits per heavy atom. The van der Waals surface area contributed by atoms with Crippen molar-refractivity contribution < 1.29 is 13.5 Å². The average molecular weight is 358 g/mol.